The monoisotopic (exact) mass is 420 g/mol. The number of ether oxygens (including phenoxy) is 2. The molecule has 31 heavy (non-hydrogen) atoms. The molecular formula is C22H20N4O5. The fourth-order valence-electron chi connectivity index (χ4n) is 3.09. The van der Waals surface area contributed by atoms with Gasteiger partial charge in [0, 0.05) is 30.7 Å². The van der Waals surface area contributed by atoms with E-state index in [4.69, 9.17) is 9.47 Å². The number of nitrogens with zero attached hydrogens (tertiary/aromatic N) is 2. The van der Waals surface area contributed by atoms with E-state index in [9.17, 15) is 14.4 Å². The lowest BCUT2D eigenvalue weighted by atomic mass is 10.1. The second kappa shape index (κ2) is 8.70. The number of rotatable bonds is 5. The van der Waals surface area contributed by atoms with Crippen molar-refractivity contribution in [2.24, 2.45) is 7.05 Å². The third kappa shape index (κ3) is 4.55. The van der Waals surface area contributed by atoms with Crippen LogP contribution in [0.15, 0.2) is 60.9 Å². The van der Waals surface area contributed by atoms with Crippen LogP contribution >= 0.6 is 0 Å². The van der Waals surface area contributed by atoms with Crippen LogP contribution in [-0.4, -0.2) is 46.4 Å². The van der Waals surface area contributed by atoms with E-state index in [-0.39, 0.29) is 24.8 Å². The van der Waals surface area contributed by atoms with Crippen LogP contribution in [0.2, 0.25) is 0 Å². The number of para-hydroxylation sites is 2. The Balaban J connectivity index is 1.33. The quantitative estimate of drug-likeness (QED) is 0.479. The molecule has 0 bridgehead atoms. The molecule has 9 nitrogen and oxygen atoms in total. The zero-order valence-corrected chi connectivity index (χ0v) is 16.7. The van der Waals surface area contributed by atoms with E-state index >= 15 is 0 Å². The first-order valence-electron chi connectivity index (χ1n) is 9.61. The van der Waals surface area contributed by atoms with E-state index in [1.54, 1.807) is 48.1 Å². The highest BCUT2D eigenvalue weighted by Gasteiger charge is 2.23. The third-order valence-electron chi connectivity index (χ3n) is 4.67. The molecule has 0 fully saturated rings. The van der Waals surface area contributed by atoms with Crippen molar-refractivity contribution in [1.29, 1.82) is 0 Å². The molecule has 1 aromatic heterocycles. The van der Waals surface area contributed by atoms with E-state index in [1.165, 1.54) is 12.3 Å². The van der Waals surface area contributed by atoms with Gasteiger partial charge in [-0.1, -0.05) is 24.3 Å². The summed E-state index contributed by atoms with van der Waals surface area (Å²) in [6, 6.07) is 13.6. The molecule has 2 heterocycles. The molecule has 9 heteroatoms. The van der Waals surface area contributed by atoms with E-state index in [0.29, 0.717) is 22.7 Å². The van der Waals surface area contributed by atoms with Gasteiger partial charge in [-0.25, -0.2) is 4.98 Å². The molecule has 0 radical (unpaired) electrons. The molecule has 4 rings (SSSR count). The standard InChI is InChI=1S/C22H20N4O5/c1-26-10-9-23-20(26)19(27)14-5-4-6-15(11-14)25-22(29)21(28)24-12-16-13-30-17-7-2-3-8-18(17)31-16/h2-11,16H,12-13H2,1H3,(H,24,28)(H,25,29)/t16-/m0/s1. The van der Waals surface area contributed by atoms with Crippen molar-refractivity contribution in [2.75, 3.05) is 18.5 Å². The number of imidazole rings is 1. The molecule has 158 valence electrons. The minimum atomic E-state index is -0.848. The third-order valence-corrected chi connectivity index (χ3v) is 4.67. The predicted molar refractivity (Wildman–Crippen MR) is 111 cm³/mol. The van der Waals surface area contributed by atoms with E-state index < -0.39 is 17.9 Å². The van der Waals surface area contributed by atoms with Crippen molar-refractivity contribution in [1.82, 2.24) is 14.9 Å². The summed E-state index contributed by atoms with van der Waals surface area (Å²) in [6.45, 7) is 0.370. The van der Waals surface area contributed by atoms with Gasteiger partial charge in [-0.3, -0.25) is 14.4 Å². The summed E-state index contributed by atoms with van der Waals surface area (Å²) in [4.78, 5) is 41.0. The average molecular weight is 420 g/mol. The van der Waals surface area contributed by atoms with Crippen molar-refractivity contribution in [3.63, 3.8) is 0 Å². The van der Waals surface area contributed by atoms with Gasteiger partial charge < -0.3 is 24.7 Å². The molecule has 2 N–H and O–H groups in total. The molecule has 0 saturated carbocycles. The lowest BCUT2D eigenvalue weighted by Crippen LogP contribution is -2.44. The first-order valence-corrected chi connectivity index (χ1v) is 9.61. The topological polar surface area (TPSA) is 112 Å². The van der Waals surface area contributed by atoms with Gasteiger partial charge in [-0.2, -0.15) is 0 Å². The van der Waals surface area contributed by atoms with Crippen LogP contribution in [0.1, 0.15) is 16.2 Å². The van der Waals surface area contributed by atoms with Gasteiger partial charge in [0.25, 0.3) is 0 Å². The van der Waals surface area contributed by atoms with Crippen molar-refractivity contribution < 1.29 is 23.9 Å². The van der Waals surface area contributed by atoms with Crippen LogP contribution in [0.4, 0.5) is 5.69 Å². The second-order valence-electron chi connectivity index (χ2n) is 6.93. The van der Waals surface area contributed by atoms with Crippen LogP contribution in [0.25, 0.3) is 0 Å². The van der Waals surface area contributed by atoms with Gasteiger partial charge in [-0.15, -0.1) is 0 Å². The van der Waals surface area contributed by atoms with Crippen LogP contribution in [0.3, 0.4) is 0 Å². The SMILES string of the molecule is Cn1ccnc1C(=O)c1cccc(NC(=O)C(=O)NC[C@H]2COc3ccccc3O2)c1. The van der Waals surface area contributed by atoms with Gasteiger partial charge in [0.2, 0.25) is 5.78 Å². The van der Waals surface area contributed by atoms with E-state index in [1.807, 2.05) is 12.1 Å². The Bertz CT molecular complexity index is 1140. The van der Waals surface area contributed by atoms with Crippen molar-refractivity contribution in [3.05, 3.63) is 72.3 Å². The lowest BCUT2D eigenvalue weighted by Gasteiger charge is -2.26. The zero-order chi connectivity index (χ0) is 21.8. The number of hydrogen-bond donors (Lipinski definition) is 2. The number of ketones is 1. The molecule has 0 aliphatic carbocycles. The maximum Gasteiger partial charge on any atom is 0.313 e. The van der Waals surface area contributed by atoms with Crippen molar-refractivity contribution in [2.45, 2.75) is 6.10 Å². The number of fused-ring (bicyclic) bond motifs is 1. The van der Waals surface area contributed by atoms with Gasteiger partial charge >= 0.3 is 11.8 Å². The summed E-state index contributed by atoms with van der Waals surface area (Å²) in [5.41, 5.74) is 0.672. The smallest absolute Gasteiger partial charge is 0.313 e. The number of anilines is 1. The summed E-state index contributed by atoms with van der Waals surface area (Å²) in [5.74, 6) is -0.447. The van der Waals surface area contributed by atoms with Gasteiger partial charge in [0.15, 0.2) is 17.3 Å². The molecule has 2 amide bonds. The highest BCUT2D eigenvalue weighted by Crippen LogP contribution is 2.30. The Morgan fingerprint density at radius 2 is 1.90 bits per heavy atom. The Labute approximate surface area is 178 Å². The number of benzene rings is 2. The van der Waals surface area contributed by atoms with E-state index in [2.05, 4.69) is 15.6 Å². The van der Waals surface area contributed by atoms with Crippen molar-refractivity contribution in [3.8, 4) is 11.5 Å². The Hall–Kier alpha value is -4.14. The predicted octanol–water partition coefficient (Wildman–Crippen LogP) is 1.55. The molecular weight excluding hydrogens is 400 g/mol. The number of aromatic nitrogens is 2. The van der Waals surface area contributed by atoms with Gasteiger partial charge in [0.1, 0.15) is 12.7 Å². The maximum absolute atomic E-state index is 12.6. The largest absolute Gasteiger partial charge is 0.486 e. The minimum Gasteiger partial charge on any atom is -0.486 e. The second-order valence-corrected chi connectivity index (χ2v) is 6.93. The fourth-order valence-corrected chi connectivity index (χ4v) is 3.09. The number of aryl methyl sites for hydroxylation is 1. The highest BCUT2D eigenvalue weighted by atomic mass is 16.6. The van der Waals surface area contributed by atoms with Crippen molar-refractivity contribution >= 4 is 23.3 Å². The van der Waals surface area contributed by atoms with Crippen LogP contribution in [0, 0.1) is 0 Å². The van der Waals surface area contributed by atoms with Gasteiger partial charge in [0.05, 0.1) is 6.54 Å². The number of carbonyl (C=O) groups is 3. The average Bonchev–Trinajstić information content (AvgIpc) is 3.22. The summed E-state index contributed by atoms with van der Waals surface area (Å²) in [5, 5.41) is 5.03. The first-order chi connectivity index (χ1) is 15.0. The Morgan fingerprint density at radius 1 is 1.10 bits per heavy atom. The van der Waals surface area contributed by atoms with Gasteiger partial charge in [-0.05, 0) is 24.3 Å². The summed E-state index contributed by atoms with van der Waals surface area (Å²) >= 11 is 0. The number of hydrogen-bond acceptors (Lipinski definition) is 6. The number of amides is 2. The maximum atomic E-state index is 12.6. The molecule has 0 spiro atoms. The molecule has 1 aliphatic rings. The van der Waals surface area contributed by atoms with Crippen LogP contribution in [-0.2, 0) is 16.6 Å². The molecule has 0 saturated heterocycles. The molecule has 1 atom stereocenters. The van der Waals surface area contributed by atoms with E-state index in [0.717, 1.165) is 0 Å². The van der Waals surface area contributed by atoms with Crippen LogP contribution < -0.4 is 20.1 Å². The number of nitrogens with one attached hydrogen (secondary N) is 2. The first kappa shape index (κ1) is 20.1. The molecule has 1 aliphatic heterocycles. The molecule has 3 aromatic rings. The highest BCUT2D eigenvalue weighted by molar-refractivity contribution is 6.39. The fraction of sp³-hybridized carbons (Fsp3) is 0.182. The summed E-state index contributed by atoms with van der Waals surface area (Å²) < 4.78 is 12.9. The summed E-state index contributed by atoms with van der Waals surface area (Å²) in [6.07, 6.45) is 2.79. The Kier molecular flexibility index (Phi) is 5.65. The summed E-state index contributed by atoms with van der Waals surface area (Å²) in [7, 11) is 1.72. The molecule has 2 aromatic carbocycles. The normalized spacial score (nSPS) is 14.5. The zero-order valence-electron chi connectivity index (χ0n) is 16.7. The van der Waals surface area contributed by atoms with Crippen LogP contribution in [0.5, 0.6) is 11.5 Å². The molecule has 0 unspecified atom stereocenters. The Morgan fingerprint density at radius 3 is 2.68 bits per heavy atom. The number of carbonyl (C=O) groups excluding carboxylic acids is 3. The lowest BCUT2D eigenvalue weighted by molar-refractivity contribution is -0.136. The minimum absolute atomic E-state index is 0.109.